The van der Waals surface area contributed by atoms with Gasteiger partial charge in [-0.15, -0.1) is 11.3 Å². The summed E-state index contributed by atoms with van der Waals surface area (Å²) in [5.41, 5.74) is 5.84. The van der Waals surface area contributed by atoms with Crippen molar-refractivity contribution in [1.82, 2.24) is 9.97 Å². The lowest BCUT2D eigenvalue weighted by molar-refractivity contribution is 1.34. The van der Waals surface area contributed by atoms with Crippen LogP contribution in [0.2, 0.25) is 0 Å². The van der Waals surface area contributed by atoms with Crippen molar-refractivity contribution in [3.05, 3.63) is 38.5 Å². The minimum atomic E-state index is 0.937. The van der Waals surface area contributed by atoms with E-state index in [1.165, 1.54) is 11.1 Å². The van der Waals surface area contributed by atoms with Gasteiger partial charge in [-0.1, -0.05) is 0 Å². The number of aryl methyl sites for hydroxylation is 2. The summed E-state index contributed by atoms with van der Waals surface area (Å²) in [6.45, 7) is 4.24. The van der Waals surface area contributed by atoms with Gasteiger partial charge in [0.25, 0.3) is 0 Å². The number of rotatable bonds is 1. The van der Waals surface area contributed by atoms with Gasteiger partial charge in [0.2, 0.25) is 0 Å². The minimum absolute atomic E-state index is 0.937. The molecule has 1 aromatic carbocycles. The number of fused-ring (bicyclic) bond motifs is 1. The predicted molar refractivity (Wildman–Crippen MR) is 76.6 cm³/mol. The zero-order valence-corrected chi connectivity index (χ0v) is 11.9. The maximum absolute atomic E-state index is 4.63. The highest BCUT2D eigenvalue weighted by Crippen LogP contribution is 2.29. The summed E-state index contributed by atoms with van der Waals surface area (Å²) < 4.78 is 1.13. The molecule has 17 heavy (non-hydrogen) atoms. The average Bonchev–Trinajstić information content (AvgIpc) is 2.85. The second-order valence-corrected chi connectivity index (χ2v) is 6.47. The number of hydrogen-bond donors (Lipinski definition) is 1. The van der Waals surface area contributed by atoms with Gasteiger partial charge < -0.3 is 4.98 Å². The summed E-state index contributed by atoms with van der Waals surface area (Å²) in [6, 6.07) is 6.37. The van der Waals surface area contributed by atoms with Crippen LogP contribution in [-0.2, 0) is 0 Å². The topological polar surface area (TPSA) is 28.7 Å². The van der Waals surface area contributed by atoms with Gasteiger partial charge in [-0.05, 0) is 59.1 Å². The van der Waals surface area contributed by atoms with Crippen molar-refractivity contribution in [2.75, 3.05) is 0 Å². The first-order valence-electron chi connectivity index (χ1n) is 5.35. The Balaban J connectivity index is 2.19. The van der Waals surface area contributed by atoms with Crippen LogP contribution in [0.1, 0.15) is 11.1 Å². The van der Waals surface area contributed by atoms with Gasteiger partial charge in [0.15, 0.2) is 0 Å². The standard InChI is InChI=1S/C13H11BrN2S/c1-7-3-10-11(4-8(7)2)16-13(15-10)9-5-12(14)17-6-9/h3-6H,1-2H3,(H,15,16). The summed E-state index contributed by atoms with van der Waals surface area (Å²) in [5.74, 6) is 0.937. The molecule has 4 heteroatoms. The molecule has 86 valence electrons. The maximum Gasteiger partial charge on any atom is 0.139 e. The van der Waals surface area contributed by atoms with E-state index in [1.54, 1.807) is 11.3 Å². The molecule has 0 atom stereocenters. The van der Waals surface area contributed by atoms with E-state index in [2.05, 4.69) is 63.3 Å². The molecule has 2 heterocycles. The third-order valence-corrected chi connectivity index (χ3v) is 4.44. The van der Waals surface area contributed by atoms with E-state index in [0.717, 1.165) is 26.2 Å². The van der Waals surface area contributed by atoms with Crippen LogP contribution in [-0.4, -0.2) is 9.97 Å². The molecule has 2 aromatic heterocycles. The Morgan fingerprint density at radius 2 is 1.94 bits per heavy atom. The van der Waals surface area contributed by atoms with Crippen LogP contribution in [0.5, 0.6) is 0 Å². The molecule has 0 aliphatic rings. The van der Waals surface area contributed by atoms with Crippen LogP contribution < -0.4 is 0 Å². The van der Waals surface area contributed by atoms with Gasteiger partial charge in [0.05, 0.1) is 14.8 Å². The summed E-state index contributed by atoms with van der Waals surface area (Å²) in [5, 5.41) is 2.10. The third-order valence-electron chi connectivity index (χ3n) is 2.94. The van der Waals surface area contributed by atoms with E-state index in [0.29, 0.717) is 0 Å². The quantitative estimate of drug-likeness (QED) is 0.695. The fraction of sp³-hybridized carbons (Fsp3) is 0.154. The molecule has 3 rings (SSSR count). The molecular formula is C13H11BrN2S. The van der Waals surface area contributed by atoms with Gasteiger partial charge >= 0.3 is 0 Å². The van der Waals surface area contributed by atoms with Crippen LogP contribution >= 0.6 is 27.3 Å². The Morgan fingerprint density at radius 1 is 1.18 bits per heavy atom. The first kappa shape index (κ1) is 11.0. The van der Waals surface area contributed by atoms with Gasteiger partial charge in [-0.2, -0.15) is 0 Å². The van der Waals surface area contributed by atoms with Gasteiger partial charge in [0.1, 0.15) is 5.82 Å². The fourth-order valence-corrected chi connectivity index (χ4v) is 2.98. The van der Waals surface area contributed by atoms with E-state index in [-0.39, 0.29) is 0 Å². The Labute approximate surface area is 112 Å². The van der Waals surface area contributed by atoms with Gasteiger partial charge in [-0.3, -0.25) is 0 Å². The average molecular weight is 307 g/mol. The number of aromatic nitrogens is 2. The summed E-state index contributed by atoms with van der Waals surface area (Å²) >= 11 is 5.15. The van der Waals surface area contributed by atoms with Crippen LogP contribution in [0.25, 0.3) is 22.4 Å². The van der Waals surface area contributed by atoms with Crippen molar-refractivity contribution in [2.24, 2.45) is 0 Å². The van der Waals surface area contributed by atoms with Gasteiger partial charge in [0, 0.05) is 10.9 Å². The smallest absolute Gasteiger partial charge is 0.139 e. The molecule has 0 amide bonds. The predicted octanol–water partition coefficient (Wildman–Crippen LogP) is 4.67. The van der Waals surface area contributed by atoms with Gasteiger partial charge in [-0.25, -0.2) is 4.98 Å². The van der Waals surface area contributed by atoms with Crippen LogP contribution in [0.15, 0.2) is 27.4 Å². The molecule has 0 fully saturated rings. The molecule has 0 saturated carbocycles. The molecule has 0 radical (unpaired) electrons. The number of nitrogens with zero attached hydrogens (tertiary/aromatic N) is 1. The summed E-state index contributed by atoms with van der Waals surface area (Å²) in [6.07, 6.45) is 0. The number of imidazole rings is 1. The molecule has 3 aromatic rings. The maximum atomic E-state index is 4.63. The molecule has 2 nitrogen and oxygen atoms in total. The molecule has 0 unspecified atom stereocenters. The van der Waals surface area contributed by atoms with Crippen LogP contribution in [0.3, 0.4) is 0 Å². The first-order chi connectivity index (χ1) is 8.13. The Kier molecular flexibility index (Phi) is 2.56. The van der Waals surface area contributed by atoms with E-state index >= 15 is 0 Å². The molecule has 0 aliphatic heterocycles. The van der Waals surface area contributed by atoms with Crippen molar-refractivity contribution in [1.29, 1.82) is 0 Å². The Hall–Kier alpha value is -1.13. The highest BCUT2D eigenvalue weighted by Gasteiger charge is 2.08. The molecular weight excluding hydrogens is 296 g/mol. The van der Waals surface area contributed by atoms with Crippen molar-refractivity contribution >= 4 is 38.3 Å². The van der Waals surface area contributed by atoms with Crippen molar-refractivity contribution < 1.29 is 0 Å². The molecule has 0 saturated heterocycles. The number of halogens is 1. The molecule has 0 aliphatic carbocycles. The van der Waals surface area contributed by atoms with E-state index < -0.39 is 0 Å². The Morgan fingerprint density at radius 3 is 2.65 bits per heavy atom. The second kappa shape index (κ2) is 3.96. The minimum Gasteiger partial charge on any atom is -0.338 e. The molecule has 0 spiro atoms. The normalized spacial score (nSPS) is 11.2. The SMILES string of the molecule is Cc1cc2nc(-c3csc(Br)c3)[nH]c2cc1C. The molecule has 0 bridgehead atoms. The lowest BCUT2D eigenvalue weighted by Crippen LogP contribution is -1.79. The summed E-state index contributed by atoms with van der Waals surface area (Å²) in [7, 11) is 0. The van der Waals surface area contributed by atoms with E-state index in [9.17, 15) is 0 Å². The lowest BCUT2D eigenvalue weighted by atomic mass is 10.1. The summed E-state index contributed by atoms with van der Waals surface area (Å²) in [4.78, 5) is 8.00. The monoisotopic (exact) mass is 306 g/mol. The molecule has 1 N–H and O–H groups in total. The van der Waals surface area contributed by atoms with Crippen molar-refractivity contribution in [3.8, 4) is 11.4 Å². The van der Waals surface area contributed by atoms with Crippen LogP contribution in [0, 0.1) is 13.8 Å². The second-order valence-electron chi connectivity index (χ2n) is 4.18. The number of aromatic amines is 1. The Bertz CT molecular complexity index is 658. The number of hydrogen-bond acceptors (Lipinski definition) is 2. The zero-order valence-electron chi connectivity index (χ0n) is 9.54. The number of thiophene rings is 1. The van der Waals surface area contributed by atoms with Crippen LogP contribution in [0.4, 0.5) is 0 Å². The lowest BCUT2D eigenvalue weighted by Gasteiger charge is -1.97. The fourth-order valence-electron chi connectivity index (χ4n) is 1.84. The number of benzene rings is 1. The number of nitrogens with one attached hydrogen (secondary N) is 1. The largest absolute Gasteiger partial charge is 0.338 e. The third kappa shape index (κ3) is 1.91. The zero-order chi connectivity index (χ0) is 12.0. The number of H-pyrrole nitrogens is 1. The van der Waals surface area contributed by atoms with E-state index in [4.69, 9.17) is 0 Å². The first-order valence-corrected chi connectivity index (χ1v) is 7.02. The highest BCUT2D eigenvalue weighted by atomic mass is 79.9. The van der Waals surface area contributed by atoms with Crippen molar-refractivity contribution in [2.45, 2.75) is 13.8 Å². The van der Waals surface area contributed by atoms with E-state index in [1.807, 2.05) is 0 Å². The van der Waals surface area contributed by atoms with Crippen molar-refractivity contribution in [3.63, 3.8) is 0 Å². The highest BCUT2D eigenvalue weighted by molar-refractivity contribution is 9.11.